The normalized spacial score (nSPS) is 11.4. The van der Waals surface area contributed by atoms with Crippen molar-refractivity contribution in [1.29, 1.82) is 0 Å². The van der Waals surface area contributed by atoms with E-state index in [9.17, 15) is 27.2 Å². The second-order valence-electron chi connectivity index (χ2n) is 5.73. The number of carbonyl (C=O) groups excluding carboxylic acids is 2. The molecule has 0 aliphatic carbocycles. The molecular weight excluding hydrogens is 430 g/mol. The van der Waals surface area contributed by atoms with Crippen LogP contribution in [0.5, 0.6) is 0 Å². The van der Waals surface area contributed by atoms with Gasteiger partial charge in [0.05, 0.1) is 18.7 Å². The molecule has 0 unspecified atom stereocenters. The number of rotatable bonds is 6. The van der Waals surface area contributed by atoms with E-state index in [2.05, 4.69) is 20.6 Å². The monoisotopic (exact) mass is 443 g/mol. The summed E-state index contributed by atoms with van der Waals surface area (Å²) in [4.78, 5) is 27.8. The molecule has 8 nitrogen and oxygen atoms in total. The number of alkyl halides is 3. The van der Waals surface area contributed by atoms with Crippen LogP contribution in [-0.2, 0) is 22.1 Å². The van der Waals surface area contributed by atoms with Gasteiger partial charge >= 0.3 is 12.1 Å². The first-order valence-electron chi connectivity index (χ1n) is 8.40. The first-order chi connectivity index (χ1) is 14.2. The Morgan fingerprint density at radius 3 is 2.67 bits per heavy atom. The summed E-state index contributed by atoms with van der Waals surface area (Å²) in [6, 6.07) is 4.65. The van der Waals surface area contributed by atoms with Gasteiger partial charge in [-0.05, 0) is 19.1 Å². The molecule has 158 valence electrons. The Kier molecular flexibility index (Phi) is 6.10. The largest absolute Gasteiger partial charge is 0.466 e. The van der Waals surface area contributed by atoms with E-state index in [4.69, 9.17) is 4.74 Å². The molecule has 0 spiro atoms. The first kappa shape index (κ1) is 21.4. The van der Waals surface area contributed by atoms with Crippen molar-refractivity contribution >= 4 is 28.3 Å². The van der Waals surface area contributed by atoms with Crippen LogP contribution in [0.3, 0.4) is 0 Å². The molecule has 2 heterocycles. The zero-order valence-electron chi connectivity index (χ0n) is 15.2. The van der Waals surface area contributed by atoms with E-state index in [1.807, 2.05) is 0 Å². The lowest BCUT2D eigenvalue weighted by molar-refractivity contribution is -0.143. The predicted octanol–water partition coefficient (Wildman–Crippen LogP) is 3.24. The molecule has 1 N–H and O–H groups in total. The molecule has 1 amide bonds. The highest BCUT2D eigenvalue weighted by Crippen LogP contribution is 2.33. The molecule has 0 aliphatic rings. The number of thiazole rings is 1. The van der Waals surface area contributed by atoms with Crippen LogP contribution in [0.15, 0.2) is 29.6 Å². The lowest BCUT2D eigenvalue weighted by Crippen LogP contribution is -2.21. The lowest BCUT2D eigenvalue weighted by Gasteiger charge is -2.11. The van der Waals surface area contributed by atoms with Crippen molar-refractivity contribution < 1.29 is 31.9 Å². The molecule has 3 aromatic rings. The molecular formula is C17H13F4N5O3S. The van der Waals surface area contributed by atoms with Crippen LogP contribution < -0.4 is 5.32 Å². The maximum Gasteiger partial charge on any atom is 0.435 e. The number of hydrogen-bond acceptors (Lipinski definition) is 7. The average molecular weight is 443 g/mol. The summed E-state index contributed by atoms with van der Waals surface area (Å²) in [5.74, 6) is -2.74. The molecule has 0 saturated heterocycles. The number of nitrogens with zero attached hydrogens (tertiary/aromatic N) is 4. The number of aromatic nitrogens is 4. The topological polar surface area (TPSA) is 99.0 Å². The van der Waals surface area contributed by atoms with Crippen molar-refractivity contribution in [2.75, 3.05) is 11.9 Å². The van der Waals surface area contributed by atoms with Crippen LogP contribution in [-0.4, -0.2) is 38.5 Å². The third kappa shape index (κ3) is 4.62. The number of esters is 1. The summed E-state index contributed by atoms with van der Waals surface area (Å²) in [7, 11) is 0. The van der Waals surface area contributed by atoms with Gasteiger partial charge in [-0.3, -0.25) is 14.9 Å². The molecule has 0 bridgehead atoms. The van der Waals surface area contributed by atoms with E-state index in [1.165, 1.54) is 17.5 Å². The molecule has 0 aliphatic heterocycles. The van der Waals surface area contributed by atoms with Gasteiger partial charge in [0, 0.05) is 5.38 Å². The first-order valence-corrected chi connectivity index (χ1v) is 9.27. The van der Waals surface area contributed by atoms with E-state index in [0.29, 0.717) is 0 Å². The molecule has 30 heavy (non-hydrogen) atoms. The van der Waals surface area contributed by atoms with Gasteiger partial charge in [-0.25, -0.2) is 14.1 Å². The Balaban J connectivity index is 1.88. The van der Waals surface area contributed by atoms with Crippen molar-refractivity contribution in [2.45, 2.75) is 19.5 Å². The SMILES string of the molecule is CCOC(=O)Cc1csc(NC(=O)c2nnn(-c3ccccc3F)c2C(F)(F)F)n1. The third-order valence-corrected chi connectivity index (χ3v) is 4.44. The van der Waals surface area contributed by atoms with Crippen molar-refractivity contribution in [3.63, 3.8) is 0 Å². The van der Waals surface area contributed by atoms with Gasteiger partial charge in [-0.2, -0.15) is 13.2 Å². The van der Waals surface area contributed by atoms with Crippen LogP contribution in [0.1, 0.15) is 28.8 Å². The second kappa shape index (κ2) is 8.57. The second-order valence-corrected chi connectivity index (χ2v) is 6.59. The number of ether oxygens (including phenoxy) is 1. The maximum atomic E-state index is 14.0. The molecule has 0 atom stereocenters. The number of nitrogens with one attached hydrogen (secondary N) is 1. The fourth-order valence-corrected chi connectivity index (χ4v) is 3.15. The minimum absolute atomic E-state index is 0.0483. The Bertz CT molecular complexity index is 1080. The van der Waals surface area contributed by atoms with E-state index in [1.54, 1.807) is 6.92 Å². The lowest BCUT2D eigenvalue weighted by atomic mass is 10.2. The van der Waals surface area contributed by atoms with E-state index < -0.39 is 40.9 Å². The van der Waals surface area contributed by atoms with Gasteiger partial charge < -0.3 is 4.74 Å². The molecule has 1 aromatic carbocycles. The zero-order valence-corrected chi connectivity index (χ0v) is 16.1. The highest BCUT2D eigenvalue weighted by molar-refractivity contribution is 7.14. The van der Waals surface area contributed by atoms with Crippen molar-refractivity contribution in [3.05, 3.63) is 52.5 Å². The standard InChI is InChI=1S/C17H13F4N5O3S/c1-2-29-12(27)7-9-8-30-16(22-9)23-15(28)13-14(17(19,20)21)26(25-24-13)11-6-4-3-5-10(11)18/h3-6,8H,2,7H2,1H3,(H,22,23,28). The van der Waals surface area contributed by atoms with Crippen LogP contribution >= 0.6 is 11.3 Å². The van der Waals surface area contributed by atoms with E-state index >= 15 is 0 Å². The molecule has 0 fully saturated rings. The Hall–Kier alpha value is -3.35. The summed E-state index contributed by atoms with van der Waals surface area (Å²) < 4.78 is 59.8. The van der Waals surface area contributed by atoms with Gasteiger partial charge in [0.25, 0.3) is 5.91 Å². The van der Waals surface area contributed by atoms with Crippen LogP contribution in [0, 0.1) is 5.82 Å². The average Bonchev–Trinajstić information content (AvgIpc) is 3.29. The van der Waals surface area contributed by atoms with Crippen LogP contribution in [0.25, 0.3) is 5.69 Å². The molecule has 2 aromatic heterocycles. The Morgan fingerprint density at radius 2 is 2.00 bits per heavy atom. The maximum absolute atomic E-state index is 14.0. The Labute approximate surface area is 170 Å². The summed E-state index contributed by atoms with van der Waals surface area (Å²) >= 11 is 0.905. The molecule has 13 heteroatoms. The summed E-state index contributed by atoms with van der Waals surface area (Å²) in [5, 5.41) is 10.2. The number of hydrogen-bond donors (Lipinski definition) is 1. The van der Waals surface area contributed by atoms with E-state index in [-0.39, 0.29) is 28.5 Å². The quantitative estimate of drug-likeness (QED) is 0.464. The number of benzene rings is 1. The number of anilines is 1. The third-order valence-electron chi connectivity index (χ3n) is 3.64. The highest BCUT2D eigenvalue weighted by atomic mass is 32.1. The van der Waals surface area contributed by atoms with Gasteiger partial charge in [0.2, 0.25) is 0 Å². The summed E-state index contributed by atoms with van der Waals surface area (Å²) in [6.45, 7) is 1.82. The number of carbonyl (C=O) groups is 2. The Morgan fingerprint density at radius 1 is 1.27 bits per heavy atom. The van der Waals surface area contributed by atoms with Crippen LogP contribution in [0.2, 0.25) is 0 Å². The molecule has 3 rings (SSSR count). The van der Waals surface area contributed by atoms with Crippen LogP contribution in [0.4, 0.5) is 22.7 Å². The number of halogens is 4. The fraction of sp³-hybridized carbons (Fsp3) is 0.235. The van der Waals surface area contributed by atoms with Gasteiger partial charge in [0.1, 0.15) is 11.5 Å². The summed E-state index contributed by atoms with van der Waals surface area (Å²) in [5.41, 5.74) is -2.82. The minimum Gasteiger partial charge on any atom is -0.466 e. The van der Waals surface area contributed by atoms with Crippen molar-refractivity contribution in [2.24, 2.45) is 0 Å². The van der Waals surface area contributed by atoms with Gasteiger partial charge in [-0.15, -0.1) is 16.4 Å². The van der Waals surface area contributed by atoms with Gasteiger partial charge in [-0.1, -0.05) is 17.3 Å². The number of para-hydroxylation sites is 1. The smallest absolute Gasteiger partial charge is 0.435 e. The van der Waals surface area contributed by atoms with Crippen molar-refractivity contribution in [3.8, 4) is 5.69 Å². The predicted molar refractivity (Wildman–Crippen MR) is 96.7 cm³/mol. The van der Waals surface area contributed by atoms with Gasteiger partial charge in [0.15, 0.2) is 16.5 Å². The molecule has 0 radical (unpaired) electrons. The highest BCUT2D eigenvalue weighted by Gasteiger charge is 2.42. The van der Waals surface area contributed by atoms with Crippen molar-refractivity contribution in [1.82, 2.24) is 20.0 Å². The minimum atomic E-state index is -5.05. The summed E-state index contributed by atoms with van der Waals surface area (Å²) in [6.07, 6.45) is -5.20. The zero-order chi connectivity index (χ0) is 21.9. The fourth-order valence-electron chi connectivity index (χ4n) is 2.44. The number of amides is 1. The molecule has 0 saturated carbocycles. The van der Waals surface area contributed by atoms with E-state index in [0.717, 1.165) is 23.5 Å².